The lowest BCUT2D eigenvalue weighted by Gasteiger charge is -2.27. The zero-order valence-corrected chi connectivity index (χ0v) is 12.7. The van der Waals surface area contributed by atoms with E-state index in [4.69, 9.17) is 10.00 Å². The van der Waals surface area contributed by atoms with E-state index in [2.05, 4.69) is 11.4 Å². The number of rotatable bonds is 8. The van der Waals surface area contributed by atoms with Crippen LogP contribution in [0.3, 0.4) is 0 Å². The summed E-state index contributed by atoms with van der Waals surface area (Å²) in [5.74, 6) is 0. The minimum atomic E-state index is -0.455. The van der Waals surface area contributed by atoms with E-state index < -0.39 is 5.60 Å². The number of nitrogens with zero attached hydrogens (tertiary/aromatic N) is 2. The summed E-state index contributed by atoms with van der Waals surface area (Å²) in [5.41, 5.74) is -0.455. The van der Waals surface area contributed by atoms with Gasteiger partial charge >= 0.3 is 6.09 Å². The SMILES string of the molecule is CCCN(CCNCCCC#N)C(=O)OC(C)(C)C. The summed E-state index contributed by atoms with van der Waals surface area (Å²) < 4.78 is 5.36. The van der Waals surface area contributed by atoms with Gasteiger partial charge in [-0.15, -0.1) is 0 Å². The zero-order valence-electron chi connectivity index (χ0n) is 12.7. The Morgan fingerprint density at radius 2 is 2.00 bits per heavy atom. The van der Waals surface area contributed by atoms with Gasteiger partial charge in [-0.3, -0.25) is 0 Å². The third kappa shape index (κ3) is 10.3. The molecule has 0 aromatic rings. The Balaban J connectivity index is 3.98. The highest BCUT2D eigenvalue weighted by molar-refractivity contribution is 5.68. The summed E-state index contributed by atoms with van der Waals surface area (Å²) in [6, 6.07) is 2.11. The van der Waals surface area contributed by atoms with Gasteiger partial charge in [-0.05, 0) is 40.2 Å². The Morgan fingerprint density at radius 3 is 2.53 bits per heavy atom. The minimum absolute atomic E-state index is 0.256. The fraction of sp³-hybridized carbons (Fsp3) is 0.857. The van der Waals surface area contributed by atoms with Gasteiger partial charge in [0.05, 0.1) is 6.07 Å². The summed E-state index contributed by atoms with van der Waals surface area (Å²) in [6.07, 6.45) is 2.07. The second kappa shape index (κ2) is 9.62. The van der Waals surface area contributed by atoms with Crippen LogP contribution in [-0.4, -0.2) is 42.8 Å². The first kappa shape index (κ1) is 17.7. The number of carbonyl (C=O) groups is 1. The quantitative estimate of drug-likeness (QED) is 0.688. The second-order valence-electron chi connectivity index (χ2n) is 5.48. The molecule has 0 aromatic heterocycles. The summed E-state index contributed by atoms with van der Waals surface area (Å²) in [5, 5.41) is 11.6. The van der Waals surface area contributed by atoms with Crippen molar-refractivity contribution in [2.45, 2.75) is 52.6 Å². The Hall–Kier alpha value is -1.28. The zero-order chi connectivity index (χ0) is 14.7. The van der Waals surface area contributed by atoms with Gasteiger partial charge in [0.2, 0.25) is 0 Å². The predicted octanol–water partition coefficient (Wildman–Crippen LogP) is 2.53. The molecule has 0 radical (unpaired) electrons. The van der Waals surface area contributed by atoms with Gasteiger partial charge in [-0.1, -0.05) is 6.92 Å². The van der Waals surface area contributed by atoms with E-state index in [-0.39, 0.29) is 6.09 Å². The highest BCUT2D eigenvalue weighted by Crippen LogP contribution is 2.09. The van der Waals surface area contributed by atoms with Crippen molar-refractivity contribution < 1.29 is 9.53 Å². The molecule has 5 nitrogen and oxygen atoms in total. The van der Waals surface area contributed by atoms with Gasteiger partial charge in [-0.25, -0.2) is 4.79 Å². The van der Waals surface area contributed by atoms with E-state index >= 15 is 0 Å². The Morgan fingerprint density at radius 1 is 1.32 bits per heavy atom. The van der Waals surface area contributed by atoms with E-state index in [0.29, 0.717) is 19.5 Å². The summed E-state index contributed by atoms with van der Waals surface area (Å²) in [4.78, 5) is 13.7. The molecular formula is C14H27N3O2. The fourth-order valence-corrected chi connectivity index (χ4v) is 1.52. The number of ether oxygens (including phenoxy) is 1. The third-order valence-electron chi connectivity index (χ3n) is 2.35. The number of nitrogens with one attached hydrogen (secondary N) is 1. The average molecular weight is 269 g/mol. The van der Waals surface area contributed by atoms with Crippen LogP contribution in [0.5, 0.6) is 0 Å². The number of hydrogen-bond donors (Lipinski definition) is 1. The Bertz CT molecular complexity index is 292. The maximum absolute atomic E-state index is 11.9. The Kier molecular flexibility index (Phi) is 8.98. The van der Waals surface area contributed by atoms with Crippen molar-refractivity contribution in [3.05, 3.63) is 0 Å². The molecule has 0 bridgehead atoms. The van der Waals surface area contributed by atoms with E-state index in [0.717, 1.165) is 25.9 Å². The smallest absolute Gasteiger partial charge is 0.410 e. The standard InChI is InChI=1S/C14H27N3O2/c1-5-11-17(13(18)19-14(2,3)4)12-10-16-9-7-6-8-15/h16H,5-7,9-12H2,1-4H3. The molecule has 1 amide bonds. The molecule has 0 saturated heterocycles. The first-order valence-corrected chi connectivity index (χ1v) is 6.96. The van der Waals surface area contributed by atoms with E-state index in [9.17, 15) is 4.79 Å². The molecule has 0 rings (SSSR count). The maximum Gasteiger partial charge on any atom is 0.410 e. The lowest BCUT2D eigenvalue weighted by molar-refractivity contribution is 0.0252. The number of unbranched alkanes of at least 4 members (excludes halogenated alkanes) is 1. The molecule has 0 aromatic carbocycles. The molecule has 1 N–H and O–H groups in total. The third-order valence-corrected chi connectivity index (χ3v) is 2.35. The van der Waals surface area contributed by atoms with Crippen LogP contribution in [0.15, 0.2) is 0 Å². The number of nitriles is 1. The first-order chi connectivity index (χ1) is 8.90. The van der Waals surface area contributed by atoms with Crippen LogP contribution in [0.1, 0.15) is 47.0 Å². The van der Waals surface area contributed by atoms with Gasteiger partial charge < -0.3 is 15.0 Å². The maximum atomic E-state index is 11.9. The number of amides is 1. The van der Waals surface area contributed by atoms with Gasteiger partial charge in [0.1, 0.15) is 5.60 Å². The number of hydrogen-bond acceptors (Lipinski definition) is 4. The van der Waals surface area contributed by atoms with Gasteiger partial charge in [0.15, 0.2) is 0 Å². The summed E-state index contributed by atoms with van der Waals surface area (Å²) >= 11 is 0. The van der Waals surface area contributed by atoms with Crippen molar-refractivity contribution in [3.8, 4) is 6.07 Å². The lowest BCUT2D eigenvalue weighted by atomic mass is 10.2. The van der Waals surface area contributed by atoms with Crippen LogP contribution in [0.2, 0.25) is 0 Å². The van der Waals surface area contributed by atoms with Crippen molar-refractivity contribution in [1.82, 2.24) is 10.2 Å². The molecule has 0 aliphatic rings. The largest absolute Gasteiger partial charge is 0.444 e. The van der Waals surface area contributed by atoms with E-state index in [1.54, 1.807) is 4.90 Å². The summed E-state index contributed by atoms with van der Waals surface area (Å²) in [7, 11) is 0. The molecule has 0 unspecified atom stereocenters. The molecule has 0 aliphatic carbocycles. The topological polar surface area (TPSA) is 65.4 Å². The summed E-state index contributed by atoms with van der Waals surface area (Å²) in [6.45, 7) is 10.5. The van der Waals surface area contributed by atoms with Crippen LogP contribution in [0, 0.1) is 11.3 Å². The van der Waals surface area contributed by atoms with Gasteiger partial charge in [0.25, 0.3) is 0 Å². The lowest BCUT2D eigenvalue weighted by Crippen LogP contribution is -2.41. The van der Waals surface area contributed by atoms with Crippen LogP contribution >= 0.6 is 0 Å². The predicted molar refractivity (Wildman–Crippen MR) is 75.8 cm³/mol. The van der Waals surface area contributed by atoms with E-state index in [1.165, 1.54) is 0 Å². The van der Waals surface area contributed by atoms with Crippen molar-refractivity contribution in [3.63, 3.8) is 0 Å². The monoisotopic (exact) mass is 269 g/mol. The highest BCUT2D eigenvalue weighted by atomic mass is 16.6. The molecule has 0 aliphatic heterocycles. The molecule has 0 fully saturated rings. The van der Waals surface area contributed by atoms with Crippen molar-refractivity contribution >= 4 is 6.09 Å². The normalized spacial score (nSPS) is 10.9. The van der Waals surface area contributed by atoms with Crippen LogP contribution in [0.4, 0.5) is 4.79 Å². The number of carbonyl (C=O) groups excluding carboxylic acids is 1. The molecule has 0 atom stereocenters. The fourth-order valence-electron chi connectivity index (χ4n) is 1.52. The first-order valence-electron chi connectivity index (χ1n) is 6.96. The second-order valence-corrected chi connectivity index (χ2v) is 5.48. The molecule has 5 heteroatoms. The van der Waals surface area contributed by atoms with Crippen molar-refractivity contribution in [2.75, 3.05) is 26.2 Å². The average Bonchev–Trinajstić information content (AvgIpc) is 2.30. The van der Waals surface area contributed by atoms with Crippen molar-refractivity contribution in [2.24, 2.45) is 0 Å². The van der Waals surface area contributed by atoms with E-state index in [1.807, 2.05) is 27.7 Å². The Labute approximate surface area is 116 Å². The highest BCUT2D eigenvalue weighted by Gasteiger charge is 2.21. The van der Waals surface area contributed by atoms with Crippen LogP contribution < -0.4 is 5.32 Å². The van der Waals surface area contributed by atoms with Gasteiger partial charge in [0, 0.05) is 26.1 Å². The minimum Gasteiger partial charge on any atom is -0.444 e. The molecule has 0 spiro atoms. The molecule has 19 heavy (non-hydrogen) atoms. The molecule has 0 saturated carbocycles. The molecular weight excluding hydrogens is 242 g/mol. The van der Waals surface area contributed by atoms with Crippen LogP contribution in [-0.2, 0) is 4.74 Å². The molecule has 110 valence electrons. The van der Waals surface area contributed by atoms with Crippen LogP contribution in [0.25, 0.3) is 0 Å². The molecule has 0 heterocycles. The van der Waals surface area contributed by atoms with Crippen molar-refractivity contribution in [1.29, 1.82) is 5.26 Å². The van der Waals surface area contributed by atoms with Gasteiger partial charge in [-0.2, -0.15) is 5.26 Å².